The number of benzene rings is 2. The highest BCUT2D eigenvalue weighted by atomic mass is 32.2. The average Bonchev–Trinajstić information content (AvgIpc) is 3.16. The van der Waals surface area contributed by atoms with E-state index in [4.69, 9.17) is 4.74 Å². The van der Waals surface area contributed by atoms with Crippen molar-refractivity contribution in [3.05, 3.63) is 60.4 Å². The number of nitrogens with one attached hydrogen (secondary N) is 1. The summed E-state index contributed by atoms with van der Waals surface area (Å²) >= 11 is 1.30. The van der Waals surface area contributed by atoms with Crippen molar-refractivity contribution in [1.82, 2.24) is 14.8 Å². The van der Waals surface area contributed by atoms with Gasteiger partial charge in [0.25, 0.3) is 0 Å². The summed E-state index contributed by atoms with van der Waals surface area (Å²) in [6.45, 7) is 3.30. The van der Waals surface area contributed by atoms with Crippen LogP contribution in [0.5, 0.6) is 5.75 Å². The Kier molecular flexibility index (Phi) is 6.10. The summed E-state index contributed by atoms with van der Waals surface area (Å²) in [6.07, 6.45) is 1.60. The number of amides is 1. The highest BCUT2D eigenvalue weighted by Gasteiger charge is 2.19. The molecule has 3 rings (SSSR count). The van der Waals surface area contributed by atoms with E-state index >= 15 is 0 Å². The van der Waals surface area contributed by atoms with E-state index in [-0.39, 0.29) is 11.7 Å². The maximum atomic E-state index is 12.5. The smallest absolute Gasteiger partial charge is 0.237 e. The van der Waals surface area contributed by atoms with Gasteiger partial charge in [0.05, 0.1) is 18.0 Å². The number of rotatable bonds is 7. The molecule has 1 amide bonds. The highest BCUT2D eigenvalue weighted by Crippen LogP contribution is 2.26. The maximum absolute atomic E-state index is 12.5. The Morgan fingerprint density at radius 2 is 1.93 bits per heavy atom. The van der Waals surface area contributed by atoms with Crippen LogP contribution in [0.4, 0.5) is 5.69 Å². The molecule has 7 nitrogen and oxygen atoms in total. The fraction of sp³-hybridized carbons (Fsp3) is 0.200. The van der Waals surface area contributed by atoms with Crippen LogP contribution in [-0.2, 0) is 4.79 Å². The molecule has 3 aromatic rings. The molecule has 0 bridgehead atoms. The van der Waals surface area contributed by atoms with Crippen molar-refractivity contribution < 1.29 is 14.3 Å². The van der Waals surface area contributed by atoms with E-state index in [9.17, 15) is 9.59 Å². The summed E-state index contributed by atoms with van der Waals surface area (Å²) in [4.78, 5) is 23.9. The zero-order valence-electron chi connectivity index (χ0n) is 15.7. The molecule has 8 heteroatoms. The Bertz CT molecular complexity index is 985. The van der Waals surface area contributed by atoms with E-state index in [0.717, 1.165) is 11.4 Å². The number of nitrogens with zero attached hydrogens (tertiary/aromatic N) is 3. The van der Waals surface area contributed by atoms with E-state index in [1.807, 2.05) is 24.3 Å². The monoisotopic (exact) mass is 396 g/mol. The van der Waals surface area contributed by atoms with Crippen LogP contribution >= 0.6 is 11.8 Å². The van der Waals surface area contributed by atoms with Gasteiger partial charge in [-0.3, -0.25) is 14.2 Å². The number of thioether (sulfide) groups is 1. The minimum atomic E-state index is -0.402. The van der Waals surface area contributed by atoms with Crippen molar-refractivity contribution in [3.63, 3.8) is 0 Å². The van der Waals surface area contributed by atoms with Crippen LogP contribution in [0, 0.1) is 0 Å². The number of ketones is 1. The Balaban J connectivity index is 1.69. The Labute approximate surface area is 167 Å². The second kappa shape index (κ2) is 8.71. The van der Waals surface area contributed by atoms with Crippen molar-refractivity contribution in [2.75, 3.05) is 12.4 Å². The minimum Gasteiger partial charge on any atom is -0.497 e. The number of anilines is 1. The third kappa shape index (κ3) is 4.58. The number of hydrogen-bond donors (Lipinski definition) is 1. The van der Waals surface area contributed by atoms with Crippen LogP contribution in [0.2, 0.25) is 0 Å². The number of Topliss-reactive ketones (excluding diaryl/α,β-unsaturated/α-hetero) is 1. The van der Waals surface area contributed by atoms with Gasteiger partial charge in [-0.05, 0) is 50.2 Å². The van der Waals surface area contributed by atoms with Gasteiger partial charge in [0.2, 0.25) is 5.91 Å². The number of methoxy groups -OCH3 is 1. The standard InChI is InChI=1S/C20H20N4O3S/c1-13(25)15-7-9-16(10-8-15)22-19(26)14(2)28-20-23-21-12-24(20)17-5-4-6-18(11-17)27-3/h4-12,14H,1-3H3,(H,22,26)/t14-/m1/s1. The molecule has 0 fully saturated rings. The van der Waals surface area contributed by atoms with E-state index in [2.05, 4.69) is 15.5 Å². The second-order valence-corrected chi connectivity index (χ2v) is 7.38. The molecule has 0 spiro atoms. The molecule has 0 unspecified atom stereocenters. The first-order chi connectivity index (χ1) is 13.5. The van der Waals surface area contributed by atoms with Crippen LogP contribution in [0.3, 0.4) is 0 Å². The molecule has 1 aromatic heterocycles. The fourth-order valence-electron chi connectivity index (χ4n) is 2.49. The second-order valence-electron chi connectivity index (χ2n) is 6.07. The van der Waals surface area contributed by atoms with Gasteiger partial charge in [0, 0.05) is 17.3 Å². The summed E-state index contributed by atoms with van der Waals surface area (Å²) in [5.74, 6) is 0.543. The molecule has 1 N–H and O–H groups in total. The van der Waals surface area contributed by atoms with Gasteiger partial charge in [-0.2, -0.15) is 0 Å². The molecule has 28 heavy (non-hydrogen) atoms. The van der Waals surface area contributed by atoms with Gasteiger partial charge in [0.15, 0.2) is 10.9 Å². The first-order valence-electron chi connectivity index (χ1n) is 8.61. The van der Waals surface area contributed by atoms with Crippen molar-refractivity contribution in [1.29, 1.82) is 0 Å². The predicted octanol–water partition coefficient (Wildman–Crippen LogP) is 3.60. The summed E-state index contributed by atoms with van der Waals surface area (Å²) in [5, 5.41) is 11.1. The van der Waals surface area contributed by atoms with E-state index < -0.39 is 5.25 Å². The largest absolute Gasteiger partial charge is 0.497 e. The predicted molar refractivity (Wildman–Crippen MR) is 108 cm³/mol. The molecule has 2 aromatic carbocycles. The van der Waals surface area contributed by atoms with Crippen molar-refractivity contribution in [3.8, 4) is 11.4 Å². The zero-order chi connectivity index (χ0) is 20.1. The molecule has 0 saturated carbocycles. The number of carbonyl (C=O) groups excluding carboxylic acids is 2. The van der Waals surface area contributed by atoms with Crippen molar-refractivity contribution in [2.45, 2.75) is 24.3 Å². The first kappa shape index (κ1) is 19.6. The zero-order valence-corrected chi connectivity index (χ0v) is 16.6. The van der Waals surface area contributed by atoms with Gasteiger partial charge >= 0.3 is 0 Å². The molecule has 0 aliphatic rings. The molecule has 1 atom stereocenters. The van der Waals surface area contributed by atoms with Crippen LogP contribution in [0.25, 0.3) is 5.69 Å². The average molecular weight is 396 g/mol. The molecule has 0 radical (unpaired) electrons. The fourth-order valence-corrected chi connectivity index (χ4v) is 3.33. The minimum absolute atomic E-state index is 0.0151. The Hall–Kier alpha value is -3.13. The maximum Gasteiger partial charge on any atom is 0.237 e. The third-order valence-corrected chi connectivity index (χ3v) is 5.12. The molecular weight excluding hydrogens is 376 g/mol. The summed E-state index contributed by atoms with van der Waals surface area (Å²) in [6, 6.07) is 14.3. The van der Waals surface area contributed by atoms with Crippen LogP contribution in [0.15, 0.2) is 60.0 Å². The lowest BCUT2D eigenvalue weighted by Gasteiger charge is -2.13. The Morgan fingerprint density at radius 3 is 2.61 bits per heavy atom. The quantitative estimate of drug-likeness (QED) is 0.485. The molecule has 1 heterocycles. The number of aromatic nitrogens is 3. The third-order valence-electron chi connectivity index (χ3n) is 4.06. The summed E-state index contributed by atoms with van der Waals surface area (Å²) < 4.78 is 7.06. The van der Waals surface area contributed by atoms with E-state index in [0.29, 0.717) is 16.4 Å². The molecule has 144 valence electrons. The van der Waals surface area contributed by atoms with Gasteiger partial charge < -0.3 is 10.1 Å². The van der Waals surface area contributed by atoms with Gasteiger partial charge in [-0.1, -0.05) is 17.8 Å². The van der Waals surface area contributed by atoms with Gasteiger partial charge in [-0.25, -0.2) is 0 Å². The van der Waals surface area contributed by atoms with Crippen molar-refractivity contribution in [2.24, 2.45) is 0 Å². The number of ether oxygens (including phenoxy) is 1. The number of carbonyl (C=O) groups is 2. The molecule has 0 aliphatic heterocycles. The normalized spacial score (nSPS) is 11.7. The molecular formula is C20H20N4O3S. The lowest BCUT2D eigenvalue weighted by atomic mass is 10.1. The van der Waals surface area contributed by atoms with E-state index in [1.54, 1.807) is 49.2 Å². The van der Waals surface area contributed by atoms with Crippen LogP contribution in [-0.4, -0.2) is 38.8 Å². The van der Waals surface area contributed by atoms with Gasteiger partial charge in [-0.15, -0.1) is 10.2 Å². The molecule has 0 aliphatic carbocycles. The first-order valence-corrected chi connectivity index (χ1v) is 9.49. The molecule has 0 saturated heterocycles. The van der Waals surface area contributed by atoms with Crippen LogP contribution < -0.4 is 10.1 Å². The summed E-state index contributed by atoms with van der Waals surface area (Å²) in [7, 11) is 1.61. The van der Waals surface area contributed by atoms with Crippen LogP contribution in [0.1, 0.15) is 24.2 Å². The highest BCUT2D eigenvalue weighted by molar-refractivity contribution is 8.00. The lowest BCUT2D eigenvalue weighted by molar-refractivity contribution is -0.115. The van der Waals surface area contributed by atoms with Crippen molar-refractivity contribution >= 4 is 29.1 Å². The SMILES string of the molecule is COc1cccc(-n2cnnc2S[C@H](C)C(=O)Nc2ccc(C(C)=O)cc2)c1. The van der Waals surface area contributed by atoms with E-state index in [1.165, 1.54) is 18.7 Å². The Morgan fingerprint density at radius 1 is 1.18 bits per heavy atom. The van der Waals surface area contributed by atoms with Gasteiger partial charge in [0.1, 0.15) is 12.1 Å². The topological polar surface area (TPSA) is 86.1 Å². The lowest BCUT2D eigenvalue weighted by Crippen LogP contribution is -2.22. The summed E-state index contributed by atoms with van der Waals surface area (Å²) in [5.41, 5.74) is 2.09. The number of hydrogen-bond acceptors (Lipinski definition) is 6.